The van der Waals surface area contributed by atoms with Crippen LogP contribution in [0.5, 0.6) is 5.75 Å². The first-order valence-corrected chi connectivity index (χ1v) is 5.93. The Balaban J connectivity index is 2.03. The van der Waals surface area contributed by atoms with Crippen LogP contribution < -0.4 is 5.32 Å². The predicted octanol–water partition coefficient (Wildman–Crippen LogP) is 3.38. The van der Waals surface area contributed by atoms with Gasteiger partial charge in [-0.3, -0.25) is 0 Å². The van der Waals surface area contributed by atoms with Gasteiger partial charge in [-0.15, -0.1) is 0 Å². The Hall–Kier alpha value is -1.87. The van der Waals surface area contributed by atoms with E-state index in [9.17, 15) is 9.50 Å². The minimum Gasteiger partial charge on any atom is -0.508 e. The average molecular weight is 245 g/mol. The maximum Gasteiger partial charge on any atom is 0.127 e. The molecule has 0 radical (unpaired) electrons. The lowest BCUT2D eigenvalue weighted by Gasteiger charge is -2.15. The van der Waals surface area contributed by atoms with Crippen molar-refractivity contribution in [3.8, 4) is 5.75 Å². The fourth-order valence-electron chi connectivity index (χ4n) is 1.87. The zero-order valence-electron chi connectivity index (χ0n) is 10.2. The van der Waals surface area contributed by atoms with Crippen molar-refractivity contribution in [2.75, 3.05) is 0 Å². The molecule has 2 nitrogen and oxygen atoms in total. The van der Waals surface area contributed by atoms with Crippen LogP contribution in [0.25, 0.3) is 0 Å². The van der Waals surface area contributed by atoms with E-state index < -0.39 is 0 Å². The van der Waals surface area contributed by atoms with E-state index in [0.717, 1.165) is 5.56 Å². The van der Waals surface area contributed by atoms with Gasteiger partial charge < -0.3 is 10.4 Å². The van der Waals surface area contributed by atoms with Crippen molar-refractivity contribution in [3.05, 3.63) is 65.5 Å². The molecule has 0 aromatic heterocycles. The molecule has 2 N–H and O–H groups in total. The van der Waals surface area contributed by atoms with Crippen molar-refractivity contribution in [2.24, 2.45) is 0 Å². The molecule has 0 aliphatic carbocycles. The third kappa shape index (κ3) is 2.87. The van der Waals surface area contributed by atoms with Crippen LogP contribution in [0.1, 0.15) is 24.1 Å². The first-order chi connectivity index (χ1) is 8.68. The summed E-state index contributed by atoms with van der Waals surface area (Å²) >= 11 is 0. The van der Waals surface area contributed by atoms with Gasteiger partial charge in [-0.2, -0.15) is 0 Å². The van der Waals surface area contributed by atoms with E-state index in [0.29, 0.717) is 12.1 Å². The fraction of sp³-hybridized carbons (Fsp3) is 0.200. The second-order valence-corrected chi connectivity index (χ2v) is 4.25. The molecule has 0 aliphatic heterocycles. The van der Waals surface area contributed by atoms with Crippen LogP contribution in [-0.4, -0.2) is 5.11 Å². The van der Waals surface area contributed by atoms with E-state index in [1.807, 2.05) is 25.1 Å². The summed E-state index contributed by atoms with van der Waals surface area (Å²) in [7, 11) is 0. The first-order valence-electron chi connectivity index (χ1n) is 5.93. The quantitative estimate of drug-likeness (QED) is 0.865. The Bertz CT molecular complexity index is 527. The third-order valence-corrected chi connectivity index (χ3v) is 2.96. The minimum absolute atomic E-state index is 0.0363. The van der Waals surface area contributed by atoms with Gasteiger partial charge in [0.1, 0.15) is 11.6 Å². The highest BCUT2D eigenvalue weighted by molar-refractivity contribution is 5.34. The van der Waals surface area contributed by atoms with Gasteiger partial charge >= 0.3 is 0 Å². The van der Waals surface area contributed by atoms with Crippen LogP contribution in [0.3, 0.4) is 0 Å². The van der Waals surface area contributed by atoms with E-state index in [4.69, 9.17) is 0 Å². The van der Waals surface area contributed by atoms with E-state index >= 15 is 0 Å². The Morgan fingerprint density at radius 3 is 2.50 bits per heavy atom. The van der Waals surface area contributed by atoms with Gasteiger partial charge in [0.15, 0.2) is 0 Å². The number of phenols is 1. The molecule has 2 aromatic carbocycles. The molecule has 0 aliphatic rings. The molecule has 0 fully saturated rings. The third-order valence-electron chi connectivity index (χ3n) is 2.96. The van der Waals surface area contributed by atoms with Gasteiger partial charge in [0.25, 0.3) is 0 Å². The summed E-state index contributed by atoms with van der Waals surface area (Å²) in [4.78, 5) is 0. The standard InChI is InChI=1S/C15H16FNO/c1-11(13-7-3-5-9-15(13)18)17-10-12-6-2-4-8-14(12)16/h2-9,11,17-18H,10H2,1H3. The fourth-order valence-corrected chi connectivity index (χ4v) is 1.87. The molecule has 1 unspecified atom stereocenters. The number of aromatic hydroxyl groups is 1. The summed E-state index contributed by atoms with van der Waals surface area (Å²) in [6, 6.07) is 13.8. The Kier molecular flexibility index (Phi) is 3.95. The van der Waals surface area contributed by atoms with Gasteiger partial charge in [-0.1, -0.05) is 36.4 Å². The van der Waals surface area contributed by atoms with Crippen molar-refractivity contribution in [1.82, 2.24) is 5.32 Å². The zero-order chi connectivity index (χ0) is 13.0. The van der Waals surface area contributed by atoms with Gasteiger partial charge in [0.05, 0.1) is 0 Å². The highest BCUT2D eigenvalue weighted by Gasteiger charge is 2.09. The number of hydrogen-bond acceptors (Lipinski definition) is 2. The first kappa shape index (κ1) is 12.6. The number of rotatable bonds is 4. The lowest BCUT2D eigenvalue weighted by molar-refractivity contribution is 0.451. The van der Waals surface area contributed by atoms with Crippen molar-refractivity contribution in [3.63, 3.8) is 0 Å². The summed E-state index contributed by atoms with van der Waals surface area (Å²) in [5.41, 5.74) is 1.44. The summed E-state index contributed by atoms with van der Waals surface area (Å²) in [6.07, 6.45) is 0. The highest BCUT2D eigenvalue weighted by atomic mass is 19.1. The molecule has 94 valence electrons. The smallest absolute Gasteiger partial charge is 0.127 e. The molecule has 0 saturated carbocycles. The van der Waals surface area contributed by atoms with Gasteiger partial charge in [0.2, 0.25) is 0 Å². The normalized spacial score (nSPS) is 12.3. The predicted molar refractivity (Wildman–Crippen MR) is 69.8 cm³/mol. The lowest BCUT2D eigenvalue weighted by Crippen LogP contribution is -2.18. The number of benzene rings is 2. The second-order valence-electron chi connectivity index (χ2n) is 4.25. The Morgan fingerprint density at radius 1 is 1.11 bits per heavy atom. The molecule has 0 heterocycles. The van der Waals surface area contributed by atoms with Crippen molar-refractivity contribution in [2.45, 2.75) is 19.5 Å². The van der Waals surface area contributed by atoms with E-state index in [2.05, 4.69) is 5.32 Å². The average Bonchev–Trinajstić information content (AvgIpc) is 2.38. The SMILES string of the molecule is CC(NCc1ccccc1F)c1ccccc1O. The summed E-state index contributed by atoms with van der Waals surface area (Å²) in [5.74, 6) is 0.0421. The molecule has 3 heteroatoms. The molecule has 0 amide bonds. The maximum atomic E-state index is 13.4. The number of nitrogens with one attached hydrogen (secondary N) is 1. The number of phenolic OH excluding ortho intramolecular Hbond substituents is 1. The molecular weight excluding hydrogens is 229 g/mol. The van der Waals surface area contributed by atoms with Crippen molar-refractivity contribution >= 4 is 0 Å². The molecular formula is C15H16FNO. The molecule has 2 rings (SSSR count). The number of hydrogen-bond donors (Lipinski definition) is 2. The van der Waals surface area contributed by atoms with Gasteiger partial charge in [0, 0.05) is 23.7 Å². The number of halogens is 1. The van der Waals surface area contributed by atoms with Crippen molar-refractivity contribution < 1.29 is 9.50 Å². The summed E-state index contributed by atoms with van der Waals surface area (Å²) < 4.78 is 13.4. The van der Waals surface area contributed by atoms with Crippen LogP contribution in [0.2, 0.25) is 0 Å². The maximum absolute atomic E-state index is 13.4. The Morgan fingerprint density at radius 2 is 1.78 bits per heavy atom. The lowest BCUT2D eigenvalue weighted by atomic mass is 10.1. The van der Waals surface area contributed by atoms with Gasteiger partial charge in [-0.05, 0) is 19.1 Å². The summed E-state index contributed by atoms with van der Waals surface area (Å²) in [6.45, 7) is 2.37. The van der Waals surface area contributed by atoms with E-state index in [1.165, 1.54) is 6.07 Å². The van der Waals surface area contributed by atoms with E-state index in [-0.39, 0.29) is 17.6 Å². The Labute approximate surface area is 106 Å². The van der Waals surface area contributed by atoms with E-state index in [1.54, 1.807) is 24.3 Å². The molecule has 0 bridgehead atoms. The largest absolute Gasteiger partial charge is 0.508 e. The monoisotopic (exact) mass is 245 g/mol. The molecule has 0 saturated heterocycles. The van der Waals surface area contributed by atoms with Crippen molar-refractivity contribution in [1.29, 1.82) is 0 Å². The number of para-hydroxylation sites is 1. The minimum atomic E-state index is -0.213. The molecule has 0 spiro atoms. The molecule has 1 atom stereocenters. The topological polar surface area (TPSA) is 32.3 Å². The van der Waals surface area contributed by atoms with Crippen LogP contribution >= 0.6 is 0 Å². The molecule has 18 heavy (non-hydrogen) atoms. The summed E-state index contributed by atoms with van der Waals surface area (Å²) in [5, 5.41) is 12.9. The van der Waals surface area contributed by atoms with Gasteiger partial charge in [-0.25, -0.2) is 4.39 Å². The molecule has 2 aromatic rings. The highest BCUT2D eigenvalue weighted by Crippen LogP contribution is 2.23. The van der Waals surface area contributed by atoms with Crippen LogP contribution in [-0.2, 0) is 6.54 Å². The van der Waals surface area contributed by atoms with Crippen LogP contribution in [0.15, 0.2) is 48.5 Å². The van der Waals surface area contributed by atoms with Crippen LogP contribution in [0.4, 0.5) is 4.39 Å². The van der Waals surface area contributed by atoms with Crippen LogP contribution in [0, 0.1) is 5.82 Å². The zero-order valence-corrected chi connectivity index (χ0v) is 10.2. The second kappa shape index (κ2) is 5.65.